The highest BCUT2D eigenvalue weighted by Crippen LogP contribution is 2.30. The van der Waals surface area contributed by atoms with Crippen LogP contribution in [0.4, 0.5) is 0 Å². The molecule has 0 heterocycles. The summed E-state index contributed by atoms with van der Waals surface area (Å²) in [6.07, 6.45) is 6.93. The van der Waals surface area contributed by atoms with E-state index in [0.717, 1.165) is 12.8 Å². The van der Waals surface area contributed by atoms with Crippen molar-refractivity contribution < 1.29 is 9.53 Å². The predicted molar refractivity (Wildman–Crippen MR) is 94.0 cm³/mol. The van der Waals surface area contributed by atoms with Crippen LogP contribution in [0, 0.1) is 6.92 Å². The summed E-state index contributed by atoms with van der Waals surface area (Å²) in [7, 11) is 0. The number of carbonyl (C=O) groups excluding carboxylic acids is 1. The van der Waals surface area contributed by atoms with E-state index in [1.54, 1.807) is 0 Å². The second-order valence-corrected chi connectivity index (χ2v) is 5.59. The van der Waals surface area contributed by atoms with Gasteiger partial charge in [-0.25, -0.2) is 0 Å². The molecule has 0 saturated heterocycles. The Balaban J connectivity index is 0.000000412. The summed E-state index contributed by atoms with van der Waals surface area (Å²) >= 11 is 0. The Morgan fingerprint density at radius 2 is 1.73 bits per heavy atom. The van der Waals surface area contributed by atoms with Crippen molar-refractivity contribution in [1.29, 1.82) is 0 Å². The maximum Gasteiger partial charge on any atom is 0.207 e. The van der Waals surface area contributed by atoms with Crippen LogP contribution < -0.4 is 5.32 Å². The Labute approximate surface area is 136 Å². The van der Waals surface area contributed by atoms with Crippen LogP contribution in [0.2, 0.25) is 0 Å². The van der Waals surface area contributed by atoms with Gasteiger partial charge in [0.05, 0.1) is 12.2 Å². The zero-order chi connectivity index (χ0) is 16.7. The number of ether oxygens (including phenoxy) is 1. The van der Waals surface area contributed by atoms with E-state index < -0.39 is 0 Å². The van der Waals surface area contributed by atoms with E-state index >= 15 is 0 Å². The zero-order valence-electron chi connectivity index (χ0n) is 14.7. The number of benzene rings is 1. The third-order valence-corrected chi connectivity index (χ3v) is 3.63. The average Bonchev–Trinajstić information content (AvgIpc) is 2.56. The van der Waals surface area contributed by atoms with E-state index in [0.29, 0.717) is 19.6 Å². The molecule has 1 saturated carbocycles. The Morgan fingerprint density at radius 3 is 2.18 bits per heavy atom. The maximum atomic E-state index is 9.97. The molecule has 0 unspecified atom stereocenters. The highest BCUT2D eigenvalue weighted by molar-refractivity contribution is 5.45. The average molecular weight is 307 g/mol. The number of aryl methyl sites for hydroxylation is 1. The molecule has 0 atom stereocenters. The number of amides is 1. The van der Waals surface area contributed by atoms with E-state index in [1.807, 2.05) is 32.0 Å². The highest BCUT2D eigenvalue weighted by Gasteiger charge is 2.26. The van der Waals surface area contributed by atoms with Gasteiger partial charge in [0.25, 0.3) is 0 Å². The first-order valence-corrected chi connectivity index (χ1v) is 8.49. The zero-order valence-corrected chi connectivity index (χ0v) is 14.7. The highest BCUT2D eigenvalue weighted by atomic mass is 16.5. The van der Waals surface area contributed by atoms with Gasteiger partial charge in [-0.05, 0) is 26.7 Å². The van der Waals surface area contributed by atoms with Crippen LogP contribution in [0.1, 0.15) is 58.4 Å². The SMILES string of the molecule is CC.CC1(OCCNC=O)CCCCC1.Cc1ccccc1. The molecular formula is C19H33NO2. The van der Waals surface area contributed by atoms with Gasteiger partial charge in [0.1, 0.15) is 0 Å². The van der Waals surface area contributed by atoms with E-state index in [4.69, 9.17) is 4.74 Å². The van der Waals surface area contributed by atoms with Crippen molar-refractivity contribution in [3.05, 3.63) is 35.9 Å². The summed E-state index contributed by atoms with van der Waals surface area (Å²) in [5.41, 5.74) is 1.39. The van der Waals surface area contributed by atoms with Crippen molar-refractivity contribution in [2.75, 3.05) is 13.2 Å². The van der Waals surface area contributed by atoms with Crippen LogP contribution >= 0.6 is 0 Å². The minimum atomic E-state index is 0.0722. The van der Waals surface area contributed by atoms with Crippen molar-refractivity contribution in [1.82, 2.24) is 5.32 Å². The molecule has 1 N–H and O–H groups in total. The Kier molecular flexibility index (Phi) is 12.5. The van der Waals surface area contributed by atoms with E-state index in [1.165, 1.54) is 24.8 Å². The molecule has 1 aromatic carbocycles. The number of hydrogen-bond donors (Lipinski definition) is 1. The second kappa shape index (κ2) is 13.3. The van der Waals surface area contributed by atoms with Crippen LogP contribution in [-0.2, 0) is 9.53 Å². The fourth-order valence-electron chi connectivity index (χ4n) is 2.39. The van der Waals surface area contributed by atoms with E-state index in [2.05, 4.69) is 31.3 Å². The predicted octanol–water partition coefficient (Wildman–Crippen LogP) is 4.49. The fraction of sp³-hybridized carbons (Fsp3) is 0.632. The molecule has 1 amide bonds. The van der Waals surface area contributed by atoms with Crippen molar-refractivity contribution in [2.45, 2.75) is 65.4 Å². The van der Waals surface area contributed by atoms with Crippen LogP contribution in [0.25, 0.3) is 0 Å². The molecule has 3 nitrogen and oxygen atoms in total. The quantitative estimate of drug-likeness (QED) is 0.643. The van der Waals surface area contributed by atoms with E-state index in [-0.39, 0.29) is 5.60 Å². The standard InChI is InChI=1S/C10H19NO2.C7H8.C2H6/c1-10(5-3-2-4-6-10)13-8-7-11-9-12;1-7-5-3-2-4-6-7;1-2/h9H,2-8H2,1H3,(H,11,12);2-6H,1H3;1-2H3. The summed E-state index contributed by atoms with van der Waals surface area (Å²) in [4.78, 5) is 9.97. The second-order valence-electron chi connectivity index (χ2n) is 5.59. The lowest BCUT2D eigenvalue weighted by Crippen LogP contribution is -2.34. The Hall–Kier alpha value is -1.35. The van der Waals surface area contributed by atoms with Crippen molar-refractivity contribution >= 4 is 6.41 Å². The molecule has 2 rings (SSSR count). The lowest BCUT2D eigenvalue weighted by Gasteiger charge is -2.33. The topological polar surface area (TPSA) is 38.3 Å². The van der Waals surface area contributed by atoms with Crippen LogP contribution in [-0.4, -0.2) is 25.2 Å². The third kappa shape index (κ3) is 10.4. The van der Waals surface area contributed by atoms with Gasteiger partial charge in [-0.15, -0.1) is 0 Å². The largest absolute Gasteiger partial charge is 0.373 e. The Morgan fingerprint density at radius 1 is 1.14 bits per heavy atom. The molecule has 0 radical (unpaired) electrons. The molecule has 1 fully saturated rings. The number of carbonyl (C=O) groups is 1. The third-order valence-electron chi connectivity index (χ3n) is 3.63. The fourth-order valence-corrected chi connectivity index (χ4v) is 2.39. The first-order valence-electron chi connectivity index (χ1n) is 8.49. The van der Waals surface area contributed by atoms with Crippen molar-refractivity contribution in [3.8, 4) is 0 Å². The molecule has 1 aliphatic rings. The lowest BCUT2D eigenvalue weighted by atomic mass is 9.86. The van der Waals surface area contributed by atoms with Crippen LogP contribution in [0.3, 0.4) is 0 Å². The van der Waals surface area contributed by atoms with Gasteiger partial charge >= 0.3 is 0 Å². The summed E-state index contributed by atoms with van der Waals surface area (Å²) in [5.74, 6) is 0. The number of rotatable bonds is 5. The molecule has 1 aliphatic carbocycles. The van der Waals surface area contributed by atoms with Crippen molar-refractivity contribution in [2.24, 2.45) is 0 Å². The molecule has 1 aromatic rings. The summed E-state index contributed by atoms with van der Waals surface area (Å²) in [6, 6.07) is 10.3. The Bertz CT molecular complexity index is 359. The molecule has 126 valence electrons. The van der Waals surface area contributed by atoms with Gasteiger partial charge in [0, 0.05) is 6.54 Å². The van der Waals surface area contributed by atoms with Crippen LogP contribution in [0.15, 0.2) is 30.3 Å². The number of nitrogens with one attached hydrogen (secondary N) is 1. The normalized spacial score (nSPS) is 15.5. The maximum absolute atomic E-state index is 9.97. The van der Waals surface area contributed by atoms with Crippen molar-refractivity contribution in [3.63, 3.8) is 0 Å². The van der Waals surface area contributed by atoms with Gasteiger partial charge in [0.2, 0.25) is 6.41 Å². The van der Waals surface area contributed by atoms with Gasteiger partial charge in [-0.3, -0.25) is 4.79 Å². The summed E-state index contributed by atoms with van der Waals surface area (Å²) in [6.45, 7) is 9.52. The van der Waals surface area contributed by atoms with Gasteiger partial charge < -0.3 is 10.1 Å². The molecule has 0 bridgehead atoms. The summed E-state index contributed by atoms with van der Waals surface area (Å²) in [5, 5.41) is 2.60. The molecule has 3 heteroatoms. The smallest absolute Gasteiger partial charge is 0.207 e. The minimum Gasteiger partial charge on any atom is -0.373 e. The molecular weight excluding hydrogens is 274 g/mol. The lowest BCUT2D eigenvalue weighted by molar-refractivity contribution is -0.110. The molecule has 0 spiro atoms. The summed E-state index contributed by atoms with van der Waals surface area (Å²) < 4.78 is 5.75. The van der Waals surface area contributed by atoms with E-state index in [9.17, 15) is 4.79 Å². The van der Waals surface area contributed by atoms with Gasteiger partial charge in [-0.1, -0.05) is 69.0 Å². The van der Waals surface area contributed by atoms with Crippen LogP contribution in [0.5, 0.6) is 0 Å². The minimum absolute atomic E-state index is 0.0722. The number of hydrogen-bond acceptors (Lipinski definition) is 2. The molecule has 0 aliphatic heterocycles. The van der Waals surface area contributed by atoms with Gasteiger partial charge in [-0.2, -0.15) is 0 Å². The van der Waals surface area contributed by atoms with Gasteiger partial charge in [0.15, 0.2) is 0 Å². The first kappa shape index (κ1) is 20.6. The molecule has 22 heavy (non-hydrogen) atoms. The first-order chi connectivity index (χ1) is 10.7. The monoisotopic (exact) mass is 307 g/mol. The molecule has 0 aromatic heterocycles.